The Morgan fingerprint density at radius 3 is 2.12 bits per heavy atom. The van der Waals surface area contributed by atoms with Crippen molar-refractivity contribution in [2.45, 2.75) is 19.4 Å². The zero-order valence-corrected chi connectivity index (χ0v) is 14.3. The third-order valence-corrected chi connectivity index (χ3v) is 3.54. The predicted molar refractivity (Wildman–Crippen MR) is 95.3 cm³/mol. The van der Waals surface area contributed by atoms with Crippen molar-refractivity contribution in [3.05, 3.63) is 77.5 Å². The molecule has 0 fully saturated rings. The van der Waals surface area contributed by atoms with Gasteiger partial charge in [-0.3, -0.25) is 9.59 Å². The second kappa shape index (κ2) is 9.17. The van der Waals surface area contributed by atoms with Crippen molar-refractivity contribution < 1.29 is 19.5 Å². The average Bonchev–Trinajstić information content (AvgIpc) is 2.62. The Morgan fingerprint density at radius 2 is 1.58 bits per heavy atom. The van der Waals surface area contributed by atoms with E-state index >= 15 is 0 Å². The van der Waals surface area contributed by atoms with Crippen molar-refractivity contribution in [3.8, 4) is 0 Å². The van der Waals surface area contributed by atoms with Gasteiger partial charge in [0, 0.05) is 6.92 Å². The van der Waals surface area contributed by atoms with Gasteiger partial charge in [-0.05, 0) is 23.6 Å². The molecule has 2 rings (SSSR count). The molecule has 2 amide bonds. The minimum Gasteiger partial charge on any atom is -0.548 e. The van der Waals surface area contributed by atoms with Gasteiger partial charge in [-0.25, -0.2) is 0 Å². The average molecular weight is 351 g/mol. The molecular weight excluding hydrogens is 332 g/mol. The third kappa shape index (κ3) is 5.90. The number of carboxylic acid groups (broad SMARTS) is 1. The molecule has 26 heavy (non-hydrogen) atoms. The molecule has 0 bridgehead atoms. The first-order valence-corrected chi connectivity index (χ1v) is 8.05. The van der Waals surface area contributed by atoms with Gasteiger partial charge < -0.3 is 20.5 Å². The van der Waals surface area contributed by atoms with Crippen molar-refractivity contribution in [1.82, 2.24) is 10.6 Å². The fourth-order valence-corrected chi connectivity index (χ4v) is 2.34. The summed E-state index contributed by atoms with van der Waals surface area (Å²) < 4.78 is 0. The molecule has 0 radical (unpaired) electrons. The number of amides is 2. The zero-order valence-electron chi connectivity index (χ0n) is 14.3. The second-order valence-electron chi connectivity index (χ2n) is 5.68. The lowest BCUT2D eigenvalue weighted by Gasteiger charge is -2.21. The number of carboxylic acids is 1. The number of carbonyl (C=O) groups excluding carboxylic acids is 3. The molecule has 0 spiro atoms. The van der Waals surface area contributed by atoms with Crippen LogP contribution in [0.4, 0.5) is 0 Å². The first-order chi connectivity index (χ1) is 12.5. The molecule has 0 unspecified atom stereocenters. The smallest absolute Gasteiger partial charge is 0.268 e. The highest BCUT2D eigenvalue weighted by atomic mass is 16.4. The Balaban J connectivity index is 2.19. The highest BCUT2D eigenvalue weighted by Crippen LogP contribution is 2.07. The predicted octanol–water partition coefficient (Wildman–Crippen LogP) is 0.641. The minimum atomic E-state index is -1.40. The quantitative estimate of drug-likeness (QED) is 0.715. The summed E-state index contributed by atoms with van der Waals surface area (Å²) in [7, 11) is 0. The van der Waals surface area contributed by atoms with Crippen LogP contribution in [0, 0.1) is 0 Å². The topological polar surface area (TPSA) is 98.3 Å². The lowest BCUT2D eigenvalue weighted by molar-refractivity contribution is -0.308. The molecule has 0 aromatic heterocycles. The molecule has 0 aliphatic rings. The molecule has 134 valence electrons. The van der Waals surface area contributed by atoms with Crippen LogP contribution in [0.2, 0.25) is 0 Å². The second-order valence-corrected chi connectivity index (χ2v) is 5.68. The van der Waals surface area contributed by atoms with Gasteiger partial charge in [0.15, 0.2) is 0 Å². The molecule has 2 N–H and O–H groups in total. The maximum Gasteiger partial charge on any atom is 0.268 e. The fraction of sp³-hybridized carbons (Fsp3) is 0.150. The summed E-state index contributed by atoms with van der Waals surface area (Å²) >= 11 is 0. The Bertz CT molecular complexity index is 801. The Hall–Kier alpha value is -3.41. The molecule has 0 aliphatic carbocycles. The van der Waals surface area contributed by atoms with E-state index in [1.807, 2.05) is 12.1 Å². The first kappa shape index (κ1) is 18.9. The number of hydrogen-bond donors (Lipinski definition) is 2. The van der Waals surface area contributed by atoms with Gasteiger partial charge in [0.25, 0.3) is 5.91 Å². The molecule has 0 heterocycles. The van der Waals surface area contributed by atoms with Gasteiger partial charge in [-0.15, -0.1) is 0 Å². The number of hydrogen-bond acceptors (Lipinski definition) is 4. The van der Waals surface area contributed by atoms with E-state index in [0.29, 0.717) is 5.56 Å². The number of nitrogens with one attached hydrogen (secondary N) is 2. The molecule has 1 atom stereocenters. The summed E-state index contributed by atoms with van der Waals surface area (Å²) in [6.45, 7) is 1.27. The number of aliphatic carboxylic acids is 1. The molecule has 6 heteroatoms. The van der Waals surface area contributed by atoms with Gasteiger partial charge in [0.2, 0.25) is 5.91 Å². The van der Waals surface area contributed by atoms with Gasteiger partial charge in [-0.1, -0.05) is 60.7 Å². The van der Waals surface area contributed by atoms with E-state index in [2.05, 4.69) is 10.6 Å². The van der Waals surface area contributed by atoms with Crippen molar-refractivity contribution in [3.63, 3.8) is 0 Å². The molecule has 0 saturated heterocycles. The highest BCUT2D eigenvalue weighted by Gasteiger charge is 2.18. The minimum absolute atomic E-state index is 0.0389. The van der Waals surface area contributed by atoms with Crippen molar-refractivity contribution in [1.29, 1.82) is 0 Å². The number of carbonyl (C=O) groups is 3. The molecule has 0 aliphatic heterocycles. The summed E-state index contributed by atoms with van der Waals surface area (Å²) in [5, 5.41) is 16.2. The molecule has 2 aromatic rings. The molecule has 0 saturated carbocycles. The SMILES string of the molecule is CC(=O)N/C(=C\c1ccccc1)C(=O)N[C@@H](Cc1ccccc1)C(=O)[O-]. The lowest BCUT2D eigenvalue weighted by Crippen LogP contribution is -2.50. The van der Waals surface area contributed by atoms with E-state index in [4.69, 9.17) is 0 Å². The maximum absolute atomic E-state index is 12.5. The van der Waals surface area contributed by atoms with Crippen LogP contribution in [-0.2, 0) is 20.8 Å². The van der Waals surface area contributed by atoms with E-state index in [1.54, 1.807) is 48.5 Å². The lowest BCUT2D eigenvalue weighted by atomic mass is 10.1. The van der Waals surface area contributed by atoms with Gasteiger partial charge in [0.05, 0.1) is 12.0 Å². The van der Waals surface area contributed by atoms with E-state index in [0.717, 1.165) is 5.56 Å². The van der Waals surface area contributed by atoms with E-state index in [9.17, 15) is 19.5 Å². The van der Waals surface area contributed by atoms with Crippen LogP contribution in [0.15, 0.2) is 66.4 Å². The normalized spacial score (nSPS) is 12.1. The van der Waals surface area contributed by atoms with Gasteiger partial charge in [0.1, 0.15) is 5.70 Å². The fourth-order valence-electron chi connectivity index (χ4n) is 2.34. The Kier molecular flexibility index (Phi) is 6.68. The summed E-state index contributed by atoms with van der Waals surface area (Å²) in [5.41, 5.74) is 1.40. The Morgan fingerprint density at radius 1 is 1.00 bits per heavy atom. The summed E-state index contributed by atoms with van der Waals surface area (Å²) in [6.07, 6.45) is 1.55. The van der Waals surface area contributed by atoms with E-state index in [-0.39, 0.29) is 12.1 Å². The number of benzene rings is 2. The van der Waals surface area contributed by atoms with Crippen LogP contribution in [0.25, 0.3) is 6.08 Å². The number of rotatable bonds is 7. The van der Waals surface area contributed by atoms with Crippen LogP contribution >= 0.6 is 0 Å². The van der Waals surface area contributed by atoms with Crippen LogP contribution in [0.5, 0.6) is 0 Å². The first-order valence-electron chi connectivity index (χ1n) is 8.05. The maximum atomic E-state index is 12.5. The molecule has 2 aromatic carbocycles. The third-order valence-electron chi connectivity index (χ3n) is 3.54. The van der Waals surface area contributed by atoms with Crippen LogP contribution in [-0.4, -0.2) is 23.8 Å². The molecule has 6 nitrogen and oxygen atoms in total. The van der Waals surface area contributed by atoms with E-state index < -0.39 is 23.8 Å². The van der Waals surface area contributed by atoms with E-state index in [1.165, 1.54) is 13.0 Å². The monoisotopic (exact) mass is 351 g/mol. The van der Waals surface area contributed by atoms with Crippen molar-refractivity contribution in [2.24, 2.45) is 0 Å². The van der Waals surface area contributed by atoms with Crippen LogP contribution in [0.3, 0.4) is 0 Å². The van der Waals surface area contributed by atoms with Gasteiger partial charge >= 0.3 is 0 Å². The summed E-state index contributed by atoms with van der Waals surface area (Å²) in [6, 6.07) is 16.6. The largest absolute Gasteiger partial charge is 0.548 e. The van der Waals surface area contributed by atoms with Crippen LogP contribution < -0.4 is 15.7 Å². The molecular formula is C20H19N2O4-. The zero-order chi connectivity index (χ0) is 18.9. The van der Waals surface area contributed by atoms with Crippen molar-refractivity contribution in [2.75, 3.05) is 0 Å². The summed E-state index contributed by atoms with van der Waals surface area (Å²) in [4.78, 5) is 35.3. The van der Waals surface area contributed by atoms with Gasteiger partial charge in [-0.2, -0.15) is 0 Å². The van der Waals surface area contributed by atoms with Crippen molar-refractivity contribution >= 4 is 23.9 Å². The standard InChI is InChI=1S/C20H20N2O4/c1-14(23)21-17(12-15-8-4-2-5-9-15)19(24)22-18(20(25)26)13-16-10-6-3-7-11-16/h2-12,18H,13H2,1H3,(H,21,23)(H,22,24)(H,25,26)/p-1/b17-12-/t18-/m0/s1. The highest BCUT2D eigenvalue weighted by molar-refractivity contribution is 6.02. The summed E-state index contributed by atoms with van der Waals surface area (Å²) in [5.74, 6) is -2.53. The van der Waals surface area contributed by atoms with Crippen LogP contribution in [0.1, 0.15) is 18.1 Å². The Labute approximate surface area is 151 Å².